The van der Waals surface area contributed by atoms with Gasteiger partial charge >= 0.3 is 0 Å². The summed E-state index contributed by atoms with van der Waals surface area (Å²) < 4.78 is 10.7. The zero-order valence-corrected chi connectivity index (χ0v) is 16.2. The van der Waals surface area contributed by atoms with Crippen LogP contribution in [0.3, 0.4) is 0 Å². The van der Waals surface area contributed by atoms with Crippen molar-refractivity contribution >= 4 is 24.2 Å². The molecule has 0 atom stereocenters. The molecular formula is C19H28ClN3O4. The first kappa shape index (κ1) is 21.5. The van der Waals surface area contributed by atoms with Gasteiger partial charge in [0.25, 0.3) is 5.91 Å². The number of hydrogen-bond donors (Lipinski definition) is 3. The second-order valence-electron chi connectivity index (χ2n) is 7.05. The quantitative estimate of drug-likeness (QED) is 0.605. The molecule has 3 rings (SSSR count). The lowest BCUT2D eigenvalue weighted by molar-refractivity contribution is -0.129. The fourth-order valence-corrected chi connectivity index (χ4v) is 2.86. The standard InChI is InChI=1S/C19H27N3O4.ClH/c20-19(8-11-25-12-9-19)18(24)21-10-7-14-1-5-16(6-2-14)26-13-17(23)22-15-3-4-15;/h1-2,5-6,15H,3-4,7-13,20H2,(H,21,24)(H,22,23);1H. The van der Waals surface area contributed by atoms with Gasteiger partial charge in [-0.05, 0) is 49.8 Å². The summed E-state index contributed by atoms with van der Waals surface area (Å²) in [5.74, 6) is 0.470. The predicted molar refractivity (Wildman–Crippen MR) is 104 cm³/mol. The van der Waals surface area contributed by atoms with Crippen molar-refractivity contribution < 1.29 is 19.1 Å². The van der Waals surface area contributed by atoms with Gasteiger partial charge in [0, 0.05) is 25.8 Å². The van der Waals surface area contributed by atoms with Crippen LogP contribution in [0.4, 0.5) is 0 Å². The van der Waals surface area contributed by atoms with Gasteiger partial charge in [0.1, 0.15) is 5.75 Å². The van der Waals surface area contributed by atoms with E-state index in [0.29, 0.717) is 50.8 Å². The van der Waals surface area contributed by atoms with Gasteiger partial charge in [-0.25, -0.2) is 0 Å². The van der Waals surface area contributed by atoms with Crippen molar-refractivity contribution in [2.45, 2.75) is 43.7 Å². The van der Waals surface area contributed by atoms with Gasteiger partial charge in [-0.2, -0.15) is 0 Å². The molecule has 0 aromatic heterocycles. The van der Waals surface area contributed by atoms with Crippen LogP contribution in [0.25, 0.3) is 0 Å². The number of hydrogen-bond acceptors (Lipinski definition) is 5. The maximum atomic E-state index is 12.2. The van der Waals surface area contributed by atoms with E-state index in [0.717, 1.165) is 18.4 Å². The molecule has 27 heavy (non-hydrogen) atoms. The van der Waals surface area contributed by atoms with E-state index in [1.54, 1.807) is 0 Å². The second kappa shape index (κ2) is 9.92. The number of halogens is 1. The SMILES string of the molecule is Cl.NC1(C(=O)NCCc2ccc(OCC(=O)NC3CC3)cc2)CCOCC1. The fourth-order valence-electron chi connectivity index (χ4n) is 2.86. The van der Waals surface area contributed by atoms with Crippen LogP contribution in [0, 0.1) is 0 Å². The van der Waals surface area contributed by atoms with Crippen molar-refractivity contribution in [3.8, 4) is 5.75 Å². The minimum Gasteiger partial charge on any atom is -0.484 e. The van der Waals surface area contributed by atoms with E-state index in [1.165, 1.54) is 0 Å². The molecule has 7 nitrogen and oxygen atoms in total. The molecule has 1 aromatic rings. The van der Waals surface area contributed by atoms with Crippen LogP contribution in [-0.4, -0.2) is 49.8 Å². The third-order valence-electron chi connectivity index (χ3n) is 4.77. The molecule has 2 amide bonds. The third kappa shape index (κ3) is 6.68. The van der Waals surface area contributed by atoms with Crippen LogP contribution in [0.2, 0.25) is 0 Å². The smallest absolute Gasteiger partial charge is 0.258 e. The highest BCUT2D eigenvalue weighted by Crippen LogP contribution is 2.19. The number of nitrogens with one attached hydrogen (secondary N) is 2. The van der Waals surface area contributed by atoms with Crippen LogP contribution in [0.1, 0.15) is 31.2 Å². The lowest BCUT2D eigenvalue weighted by Gasteiger charge is -2.31. The average molecular weight is 398 g/mol. The van der Waals surface area contributed by atoms with Gasteiger partial charge in [-0.15, -0.1) is 12.4 Å². The largest absolute Gasteiger partial charge is 0.484 e. The number of benzene rings is 1. The molecule has 150 valence electrons. The molecule has 2 fully saturated rings. The highest BCUT2D eigenvalue weighted by atomic mass is 35.5. The second-order valence-corrected chi connectivity index (χ2v) is 7.05. The van der Waals surface area contributed by atoms with E-state index in [1.807, 2.05) is 24.3 Å². The molecule has 1 aliphatic heterocycles. The van der Waals surface area contributed by atoms with Gasteiger partial charge in [-0.1, -0.05) is 12.1 Å². The van der Waals surface area contributed by atoms with Crippen LogP contribution in [0.15, 0.2) is 24.3 Å². The first-order valence-corrected chi connectivity index (χ1v) is 9.21. The monoisotopic (exact) mass is 397 g/mol. The van der Waals surface area contributed by atoms with Gasteiger partial charge in [0.05, 0.1) is 5.54 Å². The Kier molecular flexibility index (Phi) is 7.89. The summed E-state index contributed by atoms with van der Waals surface area (Å²) in [6, 6.07) is 7.90. The van der Waals surface area contributed by atoms with Crippen molar-refractivity contribution in [1.82, 2.24) is 10.6 Å². The fraction of sp³-hybridized carbons (Fsp3) is 0.579. The van der Waals surface area contributed by atoms with E-state index in [9.17, 15) is 9.59 Å². The summed E-state index contributed by atoms with van der Waals surface area (Å²) in [5, 5.41) is 5.80. The molecule has 1 aliphatic carbocycles. The number of nitrogens with two attached hydrogens (primary N) is 1. The normalized spacial score (nSPS) is 18.1. The number of ether oxygens (including phenoxy) is 2. The summed E-state index contributed by atoms with van der Waals surface area (Å²) >= 11 is 0. The molecule has 2 aliphatic rings. The topological polar surface area (TPSA) is 103 Å². The molecular weight excluding hydrogens is 370 g/mol. The van der Waals surface area contributed by atoms with Crippen molar-refractivity contribution in [3.05, 3.63) is 29.8 Å². The zero-order chi connectivity index (χ0) is 18.4. The number of rotatable bonds is 8. The first-order chi connectivity index (χ1) is 12.5. The van der Waals surface area contributed by atoms with Gasteiger partial charge < -0.3 is 25.8 Å². The molecule has 4 N–H and O–H groups in total. The van der Waals surface area contributed by atoms with Crippen molar-refractivity contribution in [2.75, 3.05) is 26.4 Å². The van der Waals surface area contributed by atoms with Crippen molar-refractivity contribution in [2.24, 2.45) is 5.73 Å². The number of amides is 2. The van der Waals surface area contributed by atoms with Crippen LogP contribution >= 0.6 is 12.4 Å². The van der Waals surface area contributed by atoms with Gasteiger partial charge in [0.15, 0.2) is 6.61 Å². The molecule has 0 unspecified atom stereocenters. The summed E-state index contributed by atoms with van der Waals surface area (Å²) in [4.78, 5) is 23.8. The molecule has 0 spiro atoms. The zero-order valence-electron chi connectivity index (χ0n) is 15.4. The van der Waals surface area contributed by atoms with Crippen molar-refractivity contribution in [1.29, 1.82) is 0 Å². The lowest BCUT2D eigenvalue weighted by atomic mass is 9.90. The van der Waals surface area contributed by atoms with E-state index < -0.39 is 5.54 Å². The van der Waals surface area contributed by atoms with E-state index in [-0.39, 0.29) is 30.8 Å². The van der Waals surface area contributed by atoms with E-state index in [4.69, 9.17) is 15.2 Å². The van der Waals surface area contributed by atoms with Crippen LogP contribution in [0.5, 0.6) is 5.75 Å². The highest BCUT2D eigenvalue weighted by molar-refractivity contribution is 5.86. The maximum absolute atomic E-state index is 12.2. The molecule has 1 saturated heterocycles. The first-order valence-electron chi connectivity index (χ1n) is 9.21. The van der Waals surface area contributed by atoms with Gasteiger partial charge in [-0.3, -0.25) is 9.59 Å². The van der Waals surface area contributed by atoms with Crippen LogP contribution in [-0.2, 0) is 20.7 Å². The Labute approximate surface area is 165 Å². The van der Waals surface area contributed by atoms with E-state index >= 15 is 0 Å². The van der Waals surface area contributed by atoms with E-state index in [2.05, 4.69) is 10.6 Å². The Bertz CT molecular complexity index is 628. The minimum atomic E-state index is -0.809. The third-order valence-corrected chi connectivity index (χ3v) is 4.77. The Morgan fingerprint density at radius 3 is 2.48 bits per heavy atom. The molecule has 1 aromatic carbocycles. The summed E-state index contributed by atoms with van der Waals surface area (Å²) in [5.41, 5.74) is 6.43. The minimum absolute atomic E-state index is 0. The summed E-state index contributed by atoms with van der Waals surface area (Å²) in [7, 11) is 0. The Balaban J connectivity index is 0.00000261. The molecule has 0 radical (unpaired) electrons. The Morgan fingerprint density at radius 1 is 1.19 bits per heavy atom. The molecule has 1 heterocycles. The summed E-state index contributed by atoms with van der Waals surface area (Å²) in [6.07, 6.45) is 3.95. The van der Waals surface area contributed by atoms with Crippen molar-refractivity contribution in [3.63, 3.8) is 0 Å². The van der Waals surface area contributed by atoms with Gasteiger partial charge in [0.2, 0.25) is 5.91 Å². The predicted octanol–water partition coefficient (Wildman–Crippen LogP) is 0.932. The molecule has 0 bridgehead atoms. The summed E-state index contributed by atoms with van der Waals surface area (Å²) in [6.45, 7) is 1.63. The number of carbonyl (C=O) groups excluding carboxylic acids is 2. The Morgan fingerprint density at radius 2 is 1.85 bits per heavy atom. The number of carbonyl (C=O) groups is 2. The lowest BCUT2D eigenvalue weighted by Crippen LogP contribution is -2.57. The highest BCUT2D eigenvalue weighted by Gasteiger charge is 2.35. The van der Waals surface area contributed by atoms with Crippen LogP contribution < -0.4 is 21.1 Å². The molecule has 1 saturated carbocycles. The molecule has 8 heteroatoms. The maximum Gasteiger partial charge on any atom is 0.258 e. The average Bonchev–Trinajstić information content (AvgIpc) is 3.45. The Hall–Kier alpha value is -1.83.